The molecule has 0 radical (unpaired) electrons. The van der Waals surface area contributed by atoms with Crippen molar-refractivity contribution < 1.29 is 0 Å². The molecule has 15 heavy (non-hydrogen) atoms. The van der Waals surface area contributed by atoms with Gasteiger partial charge in [-0.3, -0.25) is 0 Å². The Morgan fingerprint density at radius 2 is 2.20 bits per heavy atom. The van der Waals surface area contributed by atoms with Crippen LogP contribution in [0.4, 0.5) is 0 Å². The molecule has 0 aliphatic rings. The Labute approximate surface area is 96.3 Å². The molecular formula is C11H21N3S. The maximum absolute atomic E-state index is 4.31. The van der Waals surface area contributed by atoms with Crippen LogP contribution in [-0.4, -0.2) is 31.2 Å². The van der Waals surface area contributed by atoms with Crippen molar-refractivity contribution in [3.8, 4) is 0 Å². The first kappa shape index (κ1) is 12.6. The van der Waals surface area contributed by atoms with Gasteiger partial charge in [0, 0.05) is 24.0 Å². The molecule has 4 heteroatoms. The topological polar surface area (TPSA) is 37.0 Å². The normalized spacial score (nSPS) is 12.9. The summed E-state index contributed by atoms with van der Waals surface area (Å²) in [6.45, 7) is 8.64. The van der Waals surface area contributed by atoms with Crippen LogP contribution in [-0.2, 0) is 0 Å². The molecule has 1 atom stereocenters. The lowest BCUT2D eigenvalue weighted by atomic mass is 10.2. The Bertz CT molecular complexity index is 236. The van der Waals surface area contributed by atoms with E-state index < -0.39 is 0 Å². The summed E-state index contributed by atoms with van der Waals surface area (Å²) in [4.78, 5) is 4.31. The van der Waals surface area contributed by atoms with E-state index in [2.05, 4.69) is 29.5 Å². The van der Waals surface area contributed by atoms with Gasteiger partial charge in [-0.05, 0) is 26.1 Å². The Kier molecular flexibility index (Phi) is 6.55. The number of thiazole rings is 1. The van der Waals surface area contributed by atoms with Crippen molar-refractivity contribution in [2.24, 2.45) is 0 Å². The molecule has 1 rings (SSSR count). The summed E-state index contributed by atoms with van der Waals surface area (Å²) in [6.07, 6.45) is 3.07. The SMILES string of the molecule is CCNCCCNCC(C)c1nccs1. The number of hydrogen-bond donors (Lipinski definition) is 2. The van der Waals surface area contributed by atoms with Crippen molar-refractivity contribution in [3.05, 3.63) is 16.6 Å². The molecular weight excluding hydrogens is 206 g/mol. The van der Waals surface area contributed by atoms with Crippen molar-refractivity contribution in [1.82, 2.24) is 15.6 Å². The van der Waals surface area contributed by atoms with Crippen molar-refractivity contribution in [3.63, 3.8) is 0 Å². The monoisotopic (exact) mass is 227 g/mol. The van der Waals surface area contributed by atoms with Gasteiger partial charge < -0.3 is 10.6 Å². The smallest absolute Gasteiger partial charge is 0.0965 e. The van der Waals surface area contributed by atoms with E-state index in [0.29, 0.717) is 5.92 Å². The van der Waals surface area contributed by atoms with Gasteiger partial charge in [0.05, 0.1) is 5.01 Å². The fraction of sp³-hybridized carbons (Fsp3) is 0.727. The van der Waals surface area contributed by atoms with E-state index in [0.717, 1.165) is 26.2 Å². The van der Waals surface area contributed by atoms with Gasteiger partial charge in [0.15, 0.2) is 0 Å². The van der Waals surface area contributed by atoms with Crippen molar-refractivity contribution >= 4 is 11.3 Å². The minimum Gasteiger partial charge on any atom is -0.317 e. The molecule has 0 bridgehead atoms. The molecule has 0 aliphatic heterocycles. The zero-order valence-corrected chi connectivity index (χ0v) is 10.4. The lowest BCUT2D eigenvalue weighted by Gasteiger charge is -2.09. The van der Waals surface area contributed by atoms with Crippen LogP contribution >= 0.6 is 11.3 Å². The molecule has 0 aromatic carbocycles. The van der Waals surface area contributed by atoms with Gasteiger partial charge in [-0.25, -0.2) is 4.98 Å². The number of aromatic nitrogens is 1. The Morgan fingerprint density at radius 1 is 1.40 bits per heavy atom. The van der Waals surface area contributed by atoms with E-state index in [1.165, 1.54) is 11.4 Å². The third-order valence-electron chi connectivity index (χ3n) is 2.28. The summed E-state index contributed by atoms with van der Waals surface area (Å²) in [5.41, 5.74) is 0. The molecule has 0 aliphatic carbocycles. The maximum Gasteiger partial charge on any atom is 0.0965 e. The molecule has 0 amide bonds. The zero-order valence-electron chi connectivity index (χ0n) is 9.62. The molecule has 1 aromatic heterocycles. The van der Waals surface area contributed by atoms with Gasteiger partial charge in [-0.2, -0.15) is 0 Å². The minimum absolute atomic E-state index is 0.532. The fourth-order valence-electron chi connectivity index (χ4n) is 1.40. The molecule has 1 heterocycles. The van der Waals surface area contributed by atoms with E-state index >= 15 is 0 Å². The van der Waals surface area contributed by atoms with Gasteiger partial charge in [0.25, 0.3) is 0 Å². The minimum atomic E-state index is 0.532. The van der Waals surface area contributed by atoms with Crippen LogP contribution in [0, 0.1) is 0 Å². The highest BCUT2D eigenvalue weighted by Crippen LogP contribution is 2.15. The molecule has 0 saturated heterocycles. The Balaban J connectivity index is 2.00. The third-order valence-corrected chi connectivity index (χ3v) is 3.29. The van der Waals surface area contributed by atoms with Gasteiger partial charge in [0.1, 0.15) is 0 Å². The average molecular weight is 227 g/mol. The molecule has 0 fully saturated rings. The molecule has 1 aromatic rings. The molecule has 2 N–H and O–H groups in total. The largest absolute Gasteiger partial charge is 0.317 e. The average Bonchev–Trinajstić information content (AvgIpc) is 2.76. The Morgan fingerprint density at radius 3 is 2.87 bits per heavy atom. The highest BCUT2D eigenvalue weighted by atomic mass is 32.1. The summed E-state index contributed by atoms with van der Waals surface area (Å²) in [7, 11) is 0. The van der Waals surface area contributed by atoms with Crippen LogP contribution in [0.5, 0.6) is 0 Å². The second-order valence-corrected chi connectivity index (χ2v) is 4.61. The van der Waals surface area contributed by atoms with Crippen molar-refractivity contribution in [2.75, 3.05) is 26.2 Å². The van der Waals surface area contributed by atoms with Gasteiger partial charge >= 0.3 is 0 Å². The molecule has 1 unspecified atom stereocenters. The lowest BCUT2D eigenvalue weighted by molar-refractivity contribution is 0.573. The van der Waals surface area contributed by atoms with Crippen LogP contribution in [0.3, 0.4) is 0 Å². The van der Waals surface area contributed by atoms with E-state index in [9.17, 15) is 0 Å². The molecule has 0 spiro atoms. The number of hydrogen-bond acceptors (Lipinski definition) is 4. The second kappa shape index (κ2) is 7.79. The van der Waals surface area contributed by atoms with Crippen LogP contribution in [0.15, 0.2) is 11.6 Å². The molecule has 0 saturated carbocycles. The highest BCUT2D eigenvalue weighted by molar-refractivity contribution is 7.09. The summed E-state index contributed by atoms with van der Waals surface area (Å²) < 4.78 is 0. The van der Waals surface area contributed by atoms with E-state index in [4.69, 9.17) is 0 Å². The highest BCUT2D eigenvalue weighted by Gasteiger charge is 2.06. The predicted molar refractivity (Wildman–Crippen MR) is 66.6 cm³/mol. The number of nitrogens with zero attached hydrogens (tertiary/aromatic N) is 1. The maximum atomic E-state index is 4.31. The van der Waals surface area contributed by atoms with E-state index in [1.54, 1.807) is 11.3 Å². The third kappa shape index (κ3) is 5.25. The van der Waals surface area contributed by atoms with Crippen LogP contribution in [0.2, 0.25) is 0 Å². The number of rotatable bonds is 8. The summed E-state index contributed by atoms with van der Waals surface area (Å²) in [5.74, 6) is 0.532. The lowest BCUT2D eigenvalue weighted by Crippen LogP contribution is -2.24. The van der Waals surface area contributed by atoms with E-state index in [1.807, 2.05) is 11.6 Å². The van der Waals surface area contributed by atoms with Gasteiger partial charge in [0.2, 0.25) is 0 Å². The Hall–Kier alpha value is -0.450. The summed E-state index contributed by atoms with van der Waals surface area (Å²) in [6, 6.07) is 0. The standard InChI is InChI=1S/C11H21N3S/c1-3-12-5-4-6-13-9-10(2)11-14-7-8-15-11/h7-8,10,12-13H,3-6,9H2,1-2H3. The van der Waals surface area contributed by atoms with Crippen molar-refractivity contribution in [2.45, 2.75) is 26.2 Å². The predicted octanol–water partition coefficient (Wildman–Crippen LogP) is 1.84. The fourth-order valence-corrected chi connectivity index (χ4v) is 2.10. The summed E-state index contributed by atoms with van der Waals surface area (Å²) in [5, 5.41) is 10.0. The zero-order chi connectivity index (χ0) is 10.9. The first-order chi connectivity index (χ1) is 7.34. The van der Waals surface area contributed by atoms with Crippen LogP contribution in [0.25, 0.3) is 0 Å². The van der Waals surface area contributed by atoms with Crippen LogP contribution < -0.4 is 10.6 Å². The molecule has 86 valence electrons. The molecule has 3 nitrogen and oxygen atoms in total. The quantitative estimate of drug-likeness (QED) is 0.665. The second-order valence-electron chi connectivity index (χ2n) is 3.68. The number of nitrogens with one attached hydrogen (secondary N) is 2. The van der Waals surface area contributed by atoms with Gasteiger partial charge in [-0.15, -0.1) is 11.3 Å². The van der Waals surface area contributed by atoms with Gasteiger partial charge in [-0.1, -0.05) is 13.8 Å². The summed E-state index contributed by atoms with van der Waals surface area (Å²) >= 11 is 1.74. The first-order valence-electron chi connectivity index (χ1n) is 5.65. The van der Waals surface area contributed by atoms with Crippen LogP contribution in [0.1, 0.15) is 31.2 Å². The first-order valence-corrected chi connectivity index (χ1v) is 6.53. The van der Waals surface area contributed by atoms with Crippen molar-refractivity contribution in [1.29, 1.82) is 0 Å². The van der Waals surface area contributed by atoms with E-state index in [-0.39, 0.29) is 0 Å².